The molecular weight excluding hydrogens is 480 g/mol. The summed E-state index contributed by atoms with van der Waals surface area (Å²) in [7, 11) is -8.14. The first-order valence-electron chi connectivity index (χ1n) is 8.13. The third kappa shape index (κ3) is 3.44. The molecule has 0 aliphatic rings. The molecule has 2 aromatic carbocycles. The van der Waals surface area contributed by atoms with Gasteiger partial charge in [0.2, 0.25) is 11.5 Å². The van der Waals surface area contributed by atoms with Crippen molar-refractivity contribution < 1.29 is 52.6 Å². The number of hydrogen-bond acceptors (Lipinski definition) is 12. The largest absolute Gasteiger partial charge is 0.493 e. The normalized spacial score (nSPS) is 12.5. The molecule has 32 heavy (non-hydrogen) atoms. The number of ether oxygens (including phenoxy) is 2. The molecule has 0 unspecified atom stereocenters. The van der Waals surface area contributed by atoms with E-state index >= 15 is 0 Å². The van der Waals surface area contributed by atoms with E-state index < -0.39 is 66.2 Å². The second kappa shape index (κ2) is 6.95. The summed E-state index contributed by atoms with van der Waals surface area (Å²) in [5.41, 5.74) is -3.53. The fraction of sp³-hybridized carbons (Fsp3) is 0.125. The Morgan fingerprint density at radius 3 is 1.34 bits per heavy atom. The van der Waals surface area contributed by atoms with Crippen molar-refractivity contribution >= 4 is 53.5 Å². The third-order valence-corrected chi connectivity index (χ3v) is 5.05. The van der Waals surface area contributed by atoms with E-state index in [1.54, 1.807) is 0 Å². The van der Waals surface area contributed by atoms with Gasteiger partial charge >= 0.3 is 32.0 Å². The van der Waals surface area contributed by atoms with Crippen LogP contribution in [0.4, 0.5) is 0 Å². The molecule has 0 spiro atoms. The van der Waals surface area contributed by atoms with Crippen molar-refractivity contribution in [3.8, 4) is 23.0 Å². The van der Waals surface area contributed by atoms with Gasteiger partial charge in [-0.25, -0.2) is 9.59 Å². The van der Waals surface area contributed by atoms with Gasteiger partial charge in [-0.3, -0.25) is 9.11 Å². The number of benzene rings is 2. The van der Waals surface area contributed by atoms with Crippen molar-refractivity contribution in [3.63, 3.8) is 0 Å². The molecule has 0 saturated carbocycles. The molecule has 0 fully saturated rings. The SMILES string of the molecule is COc1cc2c(=O)oc3c(OS(=O)(=O)O)c(OC)cc4c(=O)oc(c1OS(=O)(=O)O)c2c34. The van der Waals surface area contributed by atoms with Gasteiger partial charge < -0.3 is 26.7 Å². The highest BCUT2D eigenvalue weighted by atomic mass is 32.3. The minimum Gasteiger partial charge on any atom is -0.493 e. The number of hydrogen-bond donors (Lipinski definition) is 2. The minimum absolute atomic E-state index is 0.256. The second-order valence-electron chi connectivity index (χ2n) is 6.12. The zero-order valence-corrected chi connectivity index (χ0v) is 17.4. The van der Waals surface area contributed by atoms with Crippen LogP contribution in [-0.4, -0.2) is 40.2 Å². The maximum absolute atomic E-state index is 12.7. The van der Waals surface area contributed by atoms with Crippen LogP contribution < -0.4 is 29.1 Å². The standard InChI is InChI=1S/C16H10O14S2/c1-25-7-3-5-9-10-6(16(18)27-13(9)11(7)29-31(19,20)21)4-8(26-2)12(30-32(22,23)24)14(10)28-15(5)17/h3-4H,1-2H3,(H,19,20,21)(H,22,23,24). The maximum Gasteiger partial charge on any atom is 0.446 e. The van der Waals surface area contributed by atoms with Crippen molar-refractivity contribution in [2.75, 3.05) is 14.2 Å². The predicted molar refractivity (Wildman–Crippen MR) is 105 cm³/mol. The van der Waals surface area contributed by atoms with Gasteiger partial charge in [0.25, 0.3) is 0 Å². The highest BCUT2D eigenvalue weighted by Gasteiger charge is 2.30. The van der Waals surface area contributed by atoms with E-state index in [9.17, 15) is 26.4 Å². The Labute approximate surface area is 176 Å². The lowest BCUT2D eigenvalue weighted by Crippen LogP contribution is -2.13. The Balaban J connectivity index is 2.33. The average molecular weight is 490 g/mol. The second-order valence-corrected chi connectivity index (χ2v) is 8.16. The lowest BCUT2D eigenvalue weighted by atomic mass is 10.0. The summed E-state index contributed by atoms with van der Waals surface area (Å²) in [4.78, 5) is 25.3. The fourth-order valence-electron chi connectivity index (χ4n) is 3.21. The van der Waals surface area contributed by atoms with Gasteiger partial charge in [0.05, 0.1) is 25.0 Å². The van der Waals surface area contributed by atoms with E-state index in [-0.39, 0.29) is 21.5 Å². The van der Waals surface area contributed by atoms with E-state index in [2.05, 4.69) is 8.37 Å². The summed E-state index contributed by atoms with van der Waals surface area (Å²) >= 11 is 0. The molecule has 2 N–H and O–H groups in total. The summed E-state index contributed by atoms with van der Waals surface area (Å²) < 4.78 is 92.7. The molecule has 0 saturated heterocycles. The predicted octanol–water partition coefficient (Wildman–Crippen LogP) is 0.871. The first-order valence-corrected chi connectivity index (χ1v) is 10.9. The van der Waals surface area contributed by atoms with Gasteiger partial charge in [0.15, 0.2) is 22.7 Å². The molecule has 0 bridgehead atoms. The van der Waals surface area contributed by atoms with Crippen LogP contribution in [0.2, 0.25) is 0 Å². The van der Waals surface area contributed by atoms with Crippen LogP contribution in [0.5, 0.6) is 23.0 Å². The van der Waals surface area contributed by atoms with Crippen LogP contribution in [0.15, 0.2) is 30.6 Å². The molecule has 0 radical (unpaired) electrons. The van der Waals surface area contributed by atoms with E-state index in [4.69, 9.17) is 27.4 Å². The van der Waals surface area contributed by atoms with E-state index in [0.717, 1.165) is 26.4 Å². The zero-order valence-electron chi connectivity index (χ0n) is 15.8. The van der Waals surface area contributed by atoms with Crippen molar-refractivity contribution in [3.05, 3.63) is 33.0 Å². The molecule has 4 aromatic rings. The molecular formula is C16H10O14S2. The molecule has 170 valence electrons. The quantitative estimate of drug-likeness (QED) is 0.218. The van der Waals surface area contributed by atoms with Gasteiger partial charge in [-0.2, -0.15) is 16.8 Å². The number of methoxy groups -OCH3 is 2. The fourth-order valence-corrected chi connectivity index (χ4v) is 3.95. The average Bonchev–Trinajstić information content (AvgIpc) is 2.67. The van der Waals surface area contributed by atoms with Crippen LogP contribution in [0.3, 0.4) is 0 Å². The molecule has 2 aromatic heterocycles. The first-order chi connectivity index (χ1) is 14.8. The Morgan fingerprint density at radius 1 is 0.719 bits per heavy atom. The van der Waals surface area contributed by atoms with Gasteiger partial charge in [-0.15, -0.1) is 0 Å². The third-order valence-electron chi connectivity index (χ3n) is 4.30. The highest BCUT2D eigenvalue weighted by Crippen LogP contribution is 2.46. The summed E-state index contributed by atoms with van der Waals surface area (Å²) in [6.07, 6.45) is 0. The Bertz CT molecular complexity index is 1600. The van der Waals surface area contributed by atoms with E-state index in [1.165, 1.54) is 0 Å². The minimum atomic E-state index is -5.14. The highest BCUT2D eigenvalue weighted by molar-refractivity contribution is 7.81. The molecule has 4 rings (SSSR count). The Hall–Kier alpha value is -3.60. The molecule has 0 atom stereocenters. The van der Waals surface area contributed by atoms with E-state index in [1.807, 2.05) is 0 Å². The summed E-state index contributed by atoms with van der Waals surface area (Å²) in [6.45, 7) is 0. The van der Waals surface area contributed by atoms with Crippen LogP contribution in [-0.2, 0) is 20.8 Å². The van der Waals surface area contributed by atoms with Crippen molar-refractivity contribution in [2.45, 2.75) is 0 Å². The van der Waals surface area contributed by atoms with Crippen molar-refractivity contribution in [1.29, 1.82) is 0 Å². The van der Waals surface area contributed by atoms with Crippen LogP contribution in [0, 0.1) is 0 Å². The molecule has 0 aliphatic carbocycles. The summed E-state index contributed by atoms with van der Waals surface area (Å²) in [5.74, 6) is -2.39. The molecule has 2 heterocycles. The summed E-state index contributed by atoms with van der Waals surface area (Å²) in [5, 5.41) is -1.09. The molecule has 14 nitrogen and oxygen atoms in total. The monoisotopic (exact) mass is 490 g/mol. The van der Waals surface area contributed by atoms with Crippen LogP contribution >= 0.6 is 0 Å². The van der Waals surface area contributed by atoms with Crippen LogP contribution in [0.25, 0.3) is 32.7 Å². The lowest BCUT2D eigenvalue weighted by Gasteiger charge is -2.16. The van der Waals surface area contributed by atoms with Crippen molar-refractivity contribution in [2.24, 2.45) is 0 Å². The van der Waals surface area contributed by atoms with Gasteiger partial charge in [0, 0.05) is 10.8 Å². The number of rotatable bonds is 6. The van der Waals surface area contributed by atoms with Crippen molar-refractivity contribution in [1.82, 2.24) is 0 Å². The molecule has 0 aliphatic heterocycles. The molecule has 0 amide bonds. The first kappa shape index (κ1) is 21.6. The topological polar surface area (TPSA) is 206 Å². The molecule has 16 heteroatoms. The zero-order chi connectivity index (χ0) is 23.6. The maximum atomic E-state index is 12.7. The van der Waals surface area contributed by atoms with Crippen LogP contribution in [0.1, 0.15) is 0 Å². The van der Waals surface area contributed by atoms with Gasteiger partial charge in [0.1, 0.15) is 0 Å². The lowest BCUT2D eigenvalue weighted by molar-refractivity contribution is 0.356. The Kier molecular flexibility index (Phi) is 4.70. The smallest absolute Gasteiger partial charge is 0.446 e. The summed E-state index contributed by atoms with van der Waals surface area (Å²) in [6, 6.07) is 1.97. The van der Waals surface area contributed by atoms with E-state index in [0.29, 0.717) is 0 Å². The van der Waals surface area contributed by atoms with Gasteiger partial charge in [-0.05, 0) is 12.1 Å². The van der Waals surface area contributed by atoms with Gasteiger partial charge in [-0.1, -0.05) is 0 Å². The Morgan fingerprint density at radius 2 is 1.06 bits per heavy atom.